The van der Waals surface area contributed by atoms with Gasteiger partial charge < -0.3 is 0 Å². The predicted octanol–water partition coefficient (Wildman–Crippen LogP) is 3.16. The fraction of sp³-hybridized carbons (Fsp3) is 0.800. The van der Waals surface area contributed by atoms with Crippen LogP contribution in [0.15, 0.2) is 12.3 Å². The maximum atomic E-state index is 5.79. The lowest BCUT2D eigenvalue weighted by molar-refractivity contribution is 0.344. The third-order valence-corrected chi connectivity index (χ3v) is 4.29. The average molecular weight is 264 g/mol. The molecule has 108 valence electrons. The largest absolute Gasteiger partial charge is 0.271 e. The highest BCUT2D eigenvalue weighted by atomic mass is 15.3. The lowest BCUT2D eigenvalue weighted by Crippen LogP contribution is -2.31. The molecule has 1 atom stereocenters. The van der Waals surface area contributed by atoms with E-state index >= 15 is 0 Å². The third-order valence-electron chi connectivity index (χ3n) is 4.29. The highest BCUT2D eigenvalue weighted by Gasteiger charge is 2.21. The van der Waals surface area contributed by atoms with Crippen molar-refractivity contribution in [1.82, 2.24) is 15.2 Å². The van der Waals surface area contributed by atoms with Crippen molar-refractivity contribution in [3.8, 4) is 0 Å². The van der Waals surface area contributed by atoms with Crippen LogP contribution in [-0.4, -0.2) is 9.78 Å². The molecule has 0 aromatic carbocycles. The number of nitrogens with one attached hydrogen (secondary N) is 1. The van der Waals surface area contributed by atoms with Gasteiger partial charge in [-0.2, -0.15) is 5.10 Å². The fourth-order valence-electron chi connectivity index (χ4n) is 3.24. The van der Waals surface area contributed by atoms with Crippen molar-refractivity contribution < 1.29 is 0 Å². The molecule has 4 nitrogen and oxygen atoms in total. The number of hydrazine groups is 1. The van der Waals surface area contributed by atoms with E-state index in [2.05, 4.69) is 28.2 Å². The molecule has 4 heteroatoms. The van der Waals surface area contributed by atoms with Crippen LogP contribution in [0, 0.1) is 5.92 Å². The maximum Gasteiger partial charge on any atom is 0.0631 e. The number of aromatic nitrogens is 2. The molecule has 0 bridgehead atoms. The second kappa shape index (κ2) is 7.65. The molecule has 0 radical (unpaired) electrons. The molecule has 0 spiro atoms. The number of hydrogen-bond acceptors (Lipinski definition) is 3. The summed E-state index contributed by atoms with van der Waals surface area (Å²) in [5.41, 5.74) is 4.25. The molecule has 0 aliphatic heterocycles. The van der Waals surface area contributed by atoms with Crippen LogP contribution in [-0.2, 0) is 6.54 Å². The van der Waals surface area contributed by atoms with E-state index in [1.165, 1.54) is 44.2 Å². The highest BCUT2D eigenvalue weighted by molar-refractivity contribution is 5.07. The zero-order valence-corrected chi connectivity index (χ0v) is 12.1. The van der Waals surface area contributed by atoms with Crippen molar-refractivity contribution in [3.63, 3.8) is 0 Å². The van der Waals surface area contributed by atoms with Gasteiger partial charge in [-0.15, -0.1) is 0 Å². The van der Waals surface area contributed by atoms with E-state index in [1.54, 1.807) is 0 Å². The summed E-state index contributed by atoms with van der Waals surface area (Å²) in [6.07, 6.45) is 12.5. The van der Waals surface area contributed by atoms with E-state index in [4.69, 9.17) is 5.84 Å². The summed E-state index contributed by atoms with van der Waals surface area (Å²) in [5.74, 6) is 6.61. The Hall–Kier alpha value is -0.870. The van der Waals surface area contributed by atoms with Gasteiger partial charge in [0.05, 0.1) is 11.7 Å². The summed E-state index contributed by atoms with van der Waals surface area (Å²) in [6, 6.07) is 2.36. The standard InChI is InChI=1S/C15H28N4/c1-2-11-19-15(9-10-17-19)14(18-16)12-13-7-5-3-4-6-8-13/h9-10,13-14,18H,2-8,11-12,16H2,1H3. The molecule has 1 saturated carbocycles. The van der Waals surface area contributed by atoms with Gasteiger partial charge in [0, 0.05) is 12.7 Å². The highest BCUT2D eigenvalue weighted by Crippen LogP contribution is 2.30. The minimum absolute atomic E-state index is 0.247. The van der Waals surface area contributed by atoms with Crippen LogP contribution >= 0.6 is 0 Å². The van der Waals surface area contributed by atoms with Crippen LogP contribution in [0.5, 0.6) is 0 Å². The van der Waals surface area contributed by atoms with Crippen LogP contribution in [0.3, 0.4) is 0 Å². The SMILES string of the molecule is CCCn1nccc1C(CC1CCCCCC1)NN. The van der Waals surface area contributed by atoms with Gasteiger partial charge in [0.2, 0.25) is 0 Å². The summed E-state index contributed by atoms with van der Waals surface area (Å²) >= 11 is 0. The first-order chi connectivity index (χ1) is 9.35. The van der Waals surface area contributed by atoms with Crippen molar-refractivity contribution in [1.29, 1.82) is 0 Å². The van der Waals surface area contributed by atoms with Gasteiger partial charge in [-0.3, -0.25) is 16.0 Å². The maximum absolute atomic E-state index is 5.79. The molecule has 1 heterocycles. The molecule has 0 saturated heterocycles. The molecule has 1 aromatic rings. The lowest BCUT2D eigenvalue weighted by Gasteiger charge is -2.23. The minimum Gasteiger partial charge on any atom is -0.271 e. The van der Waals surface area contributed by atoms with Gasteiger partial charge in [0.15, 0.2) is 0 Å². The Morgan fingerprint density at radius 2 is 2.11 bits per heavy atom. The van der Waals surface area contributed by atoms with E-state index < -0.39 is 0 Å². The first-order valence-corrected chi connectivity index (χ1v) is 7.83. The summed E-state index contributed by atoms with van der Waals surface area (Å²) in [7, 11) is 0. The molecule has 2 rings (SSSR count). The van der Waals surface area contributed by atoms with Gasteiger partial charge >= 0.3 is 0 Å². The molecule has 0 amide bonds. The molecular formula is C15H28N4. The Morgan fingerprint density at radius 3 is 2.74 bits per heavy atom. The zero-order chi connectivity index (χ0) is 13.5. The second-order valence-electron chi connectivity index (χ2n) is 5.79. The van der Waals surface area contributed by atoms with Gasteiger partial charge in [-0.25, -0.2) is 0 Å². The van der Waals surface area contributed by atoms with E-state index in [9.17, 15) is 0 Å². The molecule has 1 unspecified atom stereocenters. The normalized spacial score (nSPS) is 19.3. The average Bonchev–Trinajstić information content (AvgIpc) is 2.72. The molecule has 19 heavy (non-hydrogen) atoms. The van der Waals surface area contributed by atoms with E-state index in [-0.39, 0.29) is 6.04 Å². The van der Waals surface area contributed by atoms with Crippen molar-refractivity contribution >= 4 is 0 Å². The molecular weight excluding hydrogens is 236 g/mol. The Labute approximate surface area is 116 Å². The second-order valence-corrected chi connectivity index (χ2v) is 5.79. The Morgan fingerprint density at radius 1 is 1.37 bits per heavy atom. The van der Waals surface area contributed by atoms with Gasteiger partial charge in [0.1, 0.15) is 0 Å². The smallest absolute Gasteiger partial charge is 0.0631 e. The third kappa shape index (κ3) is 4.05. The van der Waals surface area contributed by atoms with Crippen LogP contribution in [0.1, 0.15) is 70.0 Å². The van der Waals surface area contributed by atoms with Crippen LogP contribution in [0.4, 0.5) is 0 Å². The summed E-state index contributed by atoms with van der Waals surface area (Å²) in [5, 5.41) is 4.41. The summed E-state index contributed by atoms with van der Waals surface area (Å²) in [6.45, 7) is 3.16. The Balaban J connectivity index is 1.99. The van der Waals surface area contributed by atoms with Gasteiger partial charge in [-0.1, -0.05) is 45.4 Å². The number of rotatable bonds is 6. The van der Waals surface area contributed by atoms with Crippen LogP contribution in [0.25, 0.3) is 0 Å². The minimum atomic E-state index is 0.247. The van der Waals surface area contributed by atoms with Crippen LogP contribution < -0.4 is 11.3 Å². The van der Waals surface area contributed by atoms with Crippen molar-refractivity contribution in [2.45, 2.75) is 70.9 Å². The molecule has 3 N–H and O–H groups in total. The summed E-state index contributed by atoms with van der Waals surface area (Å²) < 4.78 is 2.10. The molecule has 1 fully saturated rings. The predicted molar refractivity (Wildman–Crippen MR) is 78.4 cm³/mol. The summed E-state index contributed by atoms with van der Waals surface area (Å²) in [4.78, 5) is 0. The van der Waals surface area contributed by atoms with Crippen molar-refractivity contribution in [2.24, 2.45) is 11.8 Å². The van der Waals surface area contributed by atoms with Crippen molar-refractivity contribution in [3.05, 3.63) is 18.0 Å². The number of nitrogens with zero attached hydrogens (tertiary/aromatic N) is 2. The first-order valence-electron chi connectivity index (χ1n) is 7.83. The monoisotopic (exact) mass is 264 g/mol. The van der Waals surface area contributed by atoms with E-state index in [1.807, 2.05) is 6.20 Å². The van der Waals surface area contributed by atoms with Crippen molar-refractivity contribution in [2.75, 3.05) is 0 Å². The quantitative estimate of drug-likeness (QED) is 0.471. The van der Waals surface area contributed by atoms with Crippen LogP contribution in [0.2, 0.25) is 0 Å². The topological polar surface area (TPSA) is 55.9 Å². The number of hydrogen-bond donors (Lipinski definition) is 2. The van der Waals surface area contributed by atoms with Gasteiger partial charge in [0.25, 0.3) is 0 Å². The molecule has 1 aliphatic rings. The number of aryl methyl sites for hydroxylation is 1. The molecule has 1 aliphatic carbocycles. The van der Waals surface area contributed by atoms with Gasteiger partial charge in [-0.05, 0) is 24.8 Å². The lowest BCUT2D eigenvalue weighted by atomic mass is 9.91. The van der Waals surface area contributed by atoms with E-state index in [0.717, 1.165) is 25.3 Å². The molecule has 1 aromatic heterocycles. The zero-order valence-electron chi connectivity index (χ0n) is 12.1. The Bertz CT molecular complexity index is 353. The number of nitrogens with two attached hydrogens (primary N) is 1. The Kier molecular flexibility index (Phi) is 5.86. The van der Waals surface area contributed by atoms with E-state index in [0.29, 0.717) is 0 Å². The first kappa shape index (κ1) is 14.5. The fourth-order valence-corrected chi connectivity index (χ4v) is 3.24.